The molecular weight excluding hydrogens is 248 g/mol. The van der Waals surface area contributed by atoms with Gasteiger partial charge in [-0.2, -0.15) is 0 Å². The van der Waals surface area contributed by atoms with E-state index < -0.39 is 0 Å². The molecule has 2 N–H and O–H groups in total. The van der Waals surface area contributed by atoms with Crippen molar-refractivity contribution < 1.29 is 4.79 Å². The van der Waals surface area contributed by atoms with E-state index >= 15 is 0 Å². The van der Waals surface area contributed by atoms with Crippen molar-refractivity contribution in [2.45, 2.75) is 13.5 Å². The van der Waals surface area contributed by atoms with Gasteiger partial charge in [-0.1, -0.05) is 35.9 Å². The van der Waals surface area contributed by atoms with Gasteiger partial charge in [0.05, 0.1) is 0 Å². The third-order valence-corrected chi connectivity index (χ3v) is 3.38. The number of fused-ring (bicyclic) bond motifs is 1. The van der Waals surface area contributed by atoms with Gasteiger partial charge in [0, 0.05) is 29.2 Å². The van der Waals surface area contributed by atoms with Crippen LogP contribution in [0.3, 0.4) is 0 Å². The van der Waals surface area contributed by atoms with Crippen molar-refractivity contribution in [3.8, 4) is 0 Å². The summed E-state index contributed by atoms with van der Waals surface area (Å²) in [7, 11) is 0. The first-order chi connectivity index (χ1) is 9.74. The summed E-state index contributed by atoms with van der Waals surface area (Å²) in [4.78, 5) is 15.4. The van der Waals surface area contributed by atoms with Crippen molar-refractivity contribution in [3.05, 3.63) is 71.4 Å². The van der Waals surface area contributed by atoms with Crippen molar-refractivity contribution in [2.24, 2.45) is 0 Å². The molecule has 3 rings (SSSR count). The van der Waals surface area contributed by atoms with E-state index in [0.29, 0.717) is 12.1 Å². The van der Waals surface area contributed by atoms with E-state index in [1.807, 2.05) is 55.6 Å². The van der Waals surface area contributed by atoms with Gasteiger partial charge in [-0.15, -0.1) is 0 Å². The zero-order valence-electron chi connectivity index (χ0n) is 11.3. The quantitative estimate of drug-likeness (QED) is 0.748. The molecule has 3 heteroatoms. The molecule has 0 aliphatic carbocycles. The van der Waals surface area contributed by atoms with Gasteiger partial charge in [-0.3, -0.25) is 4.79 Å². The molecule has 0 aliphatic rings. The molecule has 20 heavy (non-hydrogen) atoms. The van der Waals surface area contributed by atoms with Crippen LogP contribution in [0, 0.1) is 6.92 Å². The fraction of sp³-hybridized carbons (Fsp3) is 0.118. The number of nitrogens with one attached hydrogen (secondary N) is 2. The average Bonchev–Trinajstić information content (AvgIpc) is 2.93. The summed E-state index contributed by atoms with van der Waals surface area (Å²) in [5.74, 6) is -0.0447. The number of H-pyrrole nitrogens is 1. The van der Waals surface area contributed by atoms with Crippen LogP contribution < -0.4 is 5.32 Å². The minimum absolute atomic E-state index is 0.0447. The number of hydrogen-bond acceptors (Lipinski definition) is 1. The second kappa shape index (κ2) is 5.21. The van der Waals surface area contributed by atoms with Crippen LogP contribution >= 0.6 is 0 Å². The molecule has 1 heterocycles. The molecule has 100 valence electrons. The van der Waals surface area contributed by atoms with E-state index in [2.05, 4.69) is 16.4 Å². The van der Waals surface area contributed by atoms with Crippen LogP contribution in [0.25, 0.3) is 10.9 Å². The van der Waals surface area contributed by atoms with Crippen LogP contribution in [-0.4, -0.2) is 10.9 Å². The second-order valence-electron chi connectivity index (χ2n) is 4.92. The van der Waals surface area contributed by atoms with Gasteiger partial charge < -0.3 is 10.3 Å². The van der Waals surface area contributed by atoms with Crippen LogP contribution in [0.1, 0.15) is 21.5 Å². The minimum atomic E-state index is -0.0447. The molecule has 1 amide bonds. The Morgan fingerprint density at radius 1 is 1.15 bits per heavy atom. The number of carbonyl (C=O) groups is 1. The Kier molecular flexibility index (Phi) is 3.25. The fourth-order valence-electron chi connectivity index (χ4n) is 2.38. The number of amides is 1. The molecular formula is C17H16N2O. The largest absolute Gasteiger partial charge is 0.361 e. The Balaban J connectivity index is 1.78. The summed E-state index contributed by atoms with van der Waals surface area (Å²) in [6.45, 7) is 2.59. The summed E-state index contributed by atoms with van der Waals surface area (Å²) in [6.07, 6.45) is 1.85. The molecule has 3 aromatic rings. The zero-order chi connectivity index (χ0) is 13.9. The van der Waals surface area contributed by atoms with Crippen molar-refractivity contribution in [1.82, 2.24) is 10.3 Å². The van der Waals surface area contributed by atoms with E-state index in [1.165, 1.54) is 5.56 Å². The van der Waals surface area contributed by atoms with Gasteiger partial charge >= 0.3 is 0 Å². The number of benzene rings is 2. The SMILES string of the molecule is Cc1cccc(CNC(=O)c2cccc3[nH]ccc23)c1. The first-order valence-corrected chi connectivity index (χ1v) is 6.64. The molecule has 1 aromatic heterocycles. The molecule has 0 bridgehead atoms. The lowest BCUT2D eigenvalue weighted by Gasteiger charge is -2.07. The molecule has 0 aliphatic heterocycles. The van der Waals surface area contributed by atoms with Crippen molar-refractivity contribution >= 4 is 16.8 Å². The summed E-state index contributed by atoms with van der Waals surface area (Å²) in [5, 5.41) is 3.92. The van der Waals surface area contributed by atoms with Crippen LogP contribution in [0.2, 0.25) is 0 Å². The number of hydrogen-bond donors (Lipinski definition) is 2. The Bertz CT molecular complexity index is 758. The number of aryl methyl sites for hydroxylation is 1. The van der Waals surface area contributed by atoms with E-state index in [1.54, 1.807) is 0 Å². The van der Waals surface area contributed by atoms with Crippen LogP contribution in [0.4, 0.5) is 0 Å². The van der Waals surface area contributed by atoms with Crippen LogP contribution in [-0.2, 0) is 6.54 Å². The number of aromatic amines is 1. The van der Waals surface area contributed by atoms with E-state index in [-0.39, 0.29) is 5.91 Å². The Morgan fingerprint density at radius 2 is 2.00 bits per heavy atom. The van der Waals surface area contributed by atoms with Crippen molar-refractivity contribution in [3.63, 3.8) is 0 Å². The fourth-order valence-corrected chi connectivity index (χ4v) is 2.38. The van der Waals surface area contributed by atoms with E-state index in [0.717, 1.165) is 16.5 Å². The summed E-state index contributed by atoms with van der Waals surface area (Å²) in [6, 6.07) is 15.8. The topological polar surface area (TPSA) is 44.9 Å². The van der Waals surface area contributed by atoms with Crippen molar-refractivity contribution in [2.75, 3.05) is 0 Å². The van der Waals surface area contributed by atoms with Crippen molar-refractivity contribution in [1.29, 1.82) is 0 Å². The number of aromatic nitrogens is 1. The molecule has 0 spiro atoms. The monoisotopic (exact) mass is 264 g/mol. The normalized spacial score (nSPS) is 10.7. The zero-order valence-corrected chi connectivity index (χ0v) is 11.3. The molecule has 2 aromatic carbocycles. The maximum Gasteiger partial charge on any atom is 0.252 e. The molecule has 0 fully saturated rings. The lowest BCUT2D eigenvalue weighted by Crippen LogP contribution is -2.22. The van der Waals surface area contributed by atoms with Gasteiger partial charge in [0.25, 0.3) is 5.91 Å². The summed E-state index contributed by atoms with van der Waals surface area (Å²) < 4.78 is 0. The lowest BCUT2D eigenvalue weighted by molar-refractivity contribution is 0.0952. The molecule has 0 unspecified atom stereocenters. The highest BCUT2D eigenvalue weighted by molar-refractivity contribution is 6.06. The Morgan fingerprint density at radius 3 is 2.85 bits per heavy atom. The maximum atomic E-state index is 12.3. The predicted molar refractivity (Wildman–Crippen MR) is 80.6 cm³/mol. The standard InChI is InChI=1S/C17H16N2O/c1-12-4-2-5-13(10-12)11-19-17(20)15-6-3-7-16-14(15)8-9-18-16/h2-10,18H,11H2,1H3,(H,19,20). The third-order valence-electron chi connectivity index (χ3n) is 3.38. The molecule has 0 saturated heterocycles. The van der Waals surface area contributed by atoms with Gasteiger partial charge in [0.15, 0.2) is 0 Å². The molecule has 0 radical (unpaired) electrons. The van der Waals surface area contributed by atoms with E-state index in [4.69, 9.17) is 0 Å². The number of carbonyl (C=O) groups excluding carboxylic acids is 1. The minimum Gasteiger partial charge on any atom is -0.361 e. The maximum absolute atomic E-state index is 12.3. The summed E-state index contributed by atoms with van der Waals surface area (Å²) in [5.41, 5.74) is 3.99. The molecule has 0 atom stereocenters. The van der Waals surface area contributed by atoms with E-state index in [9.17, 15) is 4.79 Å². The van der Waals surface area contributed by atoms with Gasteiger partial charge in [-0.05, 0) is 30.7 Å². The van der Waals surface area contributed by atoms with Crippen LogP contribution in [0.15, 0.2) is 54.7 Å². The van der Waals surface area contributed by atoms with Gasteiger partial charge in [-0.25, -0.2) is 0 Å². The highest BCUT2D eigenvalue weighted by Gasteiger charge is 2.09. The Hall–Kier alpha value is -2.55. The smallest absolute Gasteiger partial charge is 0.252 e. The summed E-state index contributed by atoms with van der Waals surface area (Å²) >= 11 is 0. The third kappa shape index (κ3) is 2.43. The van der Waals surface area contributed by atoms with Gasteiger partial charge in [0.1, 0.15) is 0 Å². The number of rotatable bonds is 3. The second-order valence-corrected chi connectivity index (χ2v) is 4.92. The average molecular weight is 264 g/mol. The van der Waals surface area contributed by atoms with Gasteiger partial charge in [0.2, 0.25) is 0 Å². The lowest BCUT2D eigenvalue weighted by atomic mass is 10.1. The Labute approximate surface area is 117 Å². The first-order valence-electron chi connectivity index (χ1n) is 6.64. The highest BCUT2D eigenvalue weighted by Crippen LogP contribution is 2.17. The molecule has 3 nitrogen and oxygen atoms in total. The predicted octanol–water partition coefficient (Wildman–Crippen LogP) is 3.41. The molecule has 0 saturated carbocycles. The highest BCUT2D eigenvalue weighted by atomic mass is 16.1. The first kappa shape index (κ1) is 12.5. The van der Waals surface area contributed by atoms with Crippen LogP contribution in [0.5, 0.6) is 0 Å².